The van der Waals surface area contributed by atoms with Crippen LogP contribution in [0.25, 0.3) is 0 Å². The fourth-order valence-electron chi connectivity index (χ4n) is 2.82. The summed E-state index contributed by atoms with van der Waals surface area (Å²) in [4.78, 5) is 0. The molecule has 1 aromatic carbocycles. The van der Waals surface area contributed by atoms with E-state index in [1.807, 2.05) is 0 Å². The minimum atomic E-state index is -4.60. The van der Waals surface area contributed by atoms with Crippen molar-refractivity contribution in [3.63, 3.8) is 0 Å². The molecule has 1 aromatic rings. The molecule has 2 atom stereocenters. The van der Waals surface area contributed by atoms with Gasteiger partial charge in [0.1, 0.15) is 5.75 Å². The van der Waals surface area contributed by atoms with Gasteiger partial charge in [-0.15, -0.1) is 12.4 Å². The molecule has 0 aromatic heterocycles. The number of hydrogen-bond donors (Lipinski definition) is 2. The van der Waals surface area contributed by atoms with Gasteiger partial charge in [-0.3, -0.25) is 0 Å². The molecule has 0 aliphatic heterocycles. The van der Waals surface area contributed by atoms with E-state index < -0.39 is 30.4 Å². The quantitative estimate of drug-likeness (QED) is 0.759. The van der Waals surface area contributed by atoms with Gasteiger partial charge in [-0.2, -0.15) is 17.6 Å². The molecule has 2 rings (SSSR count). The van der Waals surface area contributed by atoms with Gasteiger partial charge in [-0.25, -0.2) is 0 Å². The van der Waals surface area contributed by atoms with Gasteiger partial charge in [0.25, 0.3) is 0 Å². The Hall–Kier alpha value is -1.05. The summed E-state index contributed by atoms with van der Waals surface area (Å²) < 4.78 is 54.9. The topological polar surface area (TPSA) is 55.5 Å². The summed E-state index contributed by atoms with van der Waals surface area (Å²) in [6.45, 7) is 0. The second-order valence-electron chi connectivity index (χ2n) is 5.56. The number of aliphatic hydroxyl groups is 1. The third-order valence-corrected chi connectivity index (χ3v) is 4.03. The second kappa shape index (κ2) is 8.17. The van der Waals surface area contributed by atoms with Crippen molar-refractivity contribution >= 4 is 12.4 Å². The van der Waals surface area contributed by atoms with Gasteiger partial charge in [0.15, 0.2) is 0 Å². The molecule has 23 heavy (non-hydrogen) atoms. The first kappa shape index (κ1) is 20.0. The SMILES string of the molecule is Cl.N[C@@H](c1ccccc1OC(F)(F)C(F)F)[C@H](O)C1CCCC1. The van der Waals surface area contributed by atoms with E-state index in [4.69, 9.17) is 5.73 Å². The molecule has 1 aliphatic carbocycles. The molecule has 132 valence electrons. The maximum absolute atomic E-state index is 13.1. The van der Waals surface area contributed by atoms with Crippen molar-refractivity contribution in [2.45, 2.75) is 50.4 Å². The number of rotatable bonds is 6. The number of halogens is 5. The van der Waals surface area contributed by atoms with E-state index >= 15 is 0 Å². The van der Waals surface area contributed by atoms with E-state index in [1.165, 1.54) is 18.2 Å². The van der Waals surface area contributed by atoms with Gasteiger partial charge in [0.05, 0.1) is 12.1 Å². The summed E-state index contributed by atoms with van der Waals surface area (Å²) in [5.41, 5.74) is 6.05. The Morgan fingerprint density at radius 3 is 2.30 bits per heavy atom. The van der Waals surface area contributed by atoms with Gasteiger partial charge in [0, 0.05) is 5.56 Å². The minimum absolute atomic E-state index is 0. The molecule has 0 spiro atoms. The van der Waals surface area contributed by atoms with Crippen LogP contribution in [0, 0.1) is 5.92 Å². The van der Waals surface area contributed by atoms with E-state index in [9.17, 15) is 22.7 Å². The normalized spacial score (nSPS) is 18.6. The summed E-state index contributed by atoms with van der Waals surface area (Å²) in [6.07, 6.45) is -5.89. The summed E-state index contributed by atoms with van der Waals surface area (Å²) in [5.74, 6) is -0.448. The van der Waals surface area contributed by atoms with Crippen LogP contribution in [0.4, 0.5) is 17.6 Å². The minimum Gasteiger partial charge on any atom is -0.428 e. The van der Waals surface area contributed by atoms with Gasteiger partial charge >= 0.3 is 12.5 Å². The van der Waals surface area contributed by atoms with Crippen LogP contribution in [-0.4, -0.2) is 23.7 Å². The van der Waals surface area contributed by atoms with Crippen LogP contribution in [0.2, 0.25) is 0 Å². The molecule has 3 N–H and O–H groups in total. The molecule has 0 heterocycles. The van der Waals surface area contributed by atoms with E-state index in [0.717, 1.165) is 31.7 Å². The van der Waals surface area contributed by atoms with Crippen molar-refractivity contribution in [3.05, 3.63) is 29.8 Å². The van der Waals surface area contributed by atoms with E-state index in [-0.39, 0.29) is 23.9 Å². The Morgan fingerprint density at radius 1 is 1.17 bits per heavy atom. The molecule has 3 nitrogen and oxygen atoms in total. The highest BCUT2D eigenvalue weighted by atomic mass is 35.5. The van der Waals surface area contributed by atoms with Gasteiger partial charge in [-0.05, 0) is 24.8 Å². The van der Waals surface area contributed by atoms with Crippen molar-refractivity contribution in [3.8, 4) is 5.75 Å². The monoisotopic (exact) mass is 357 g/mol. The van der Waals surface area contributed by atoms with Crippen LogP contribution in [0.1, 0.15) is 37.3 Å². The number of ether oxygens (including phenoxy) is 1. The van der Waals surface area contributed by atoms with Crippen molar-refractivity contribution in [2.75, 3.05) is 0 Å². The largest absolute Gasteiger partial charge is 0.461 e. The lowest BCUT2D eigenvalue weighted by Crippen LogP contribution is -2.36. The number of benzene rings is 1. The van der Waals surface area contributed by atoms with Crippen molar-refractivity contribution in [2.24, 2.45) is 11.7 Å². The highest BCUT2D eigenvalue weighted by molar-refractivity contribution is 5.85. The molecular formula is C15H20ClF4NO2. The first-order valence-electron chi connectivity index (χ1n) is 7.20. The average molecular weight is 358 g/mol. The Kier molecular flexibility index (Phi) is 7.10. The number of nitrogens with two attached hydrogens (primary N) is 1. The number of para-hydroxylation sites is 1. The van der Waals surface area contributed by atoms with Gasteiger partial charge < -0.3 is 15.6 Å². The first-order chi connectivity index (χ1) is 10.3. The van der Waals surface area contributed by atoms with Gasteiger partial charge in [-0.1, -0.05) is 31.0 Å². The molecule has 0 unspecified atom stereocenters. The molecule has 8 heteroatoms. The smallest absolute Gasteiger partial charge is 0.428 e. The molecule has 0 saturated heterocycles. The predicted octanol–water partition coefficient (Wildman–Crippen LogP) is 3.90. The summed E-state index contributed by atoms with van der Waals surface area (Å²) in [6, 6.07) is 4.50. The van der Waals surface area contributed by atoms with E-state index in [1.54, 1.807) is 0 Å². The first-order valence-corrected chi connectivity index (χ1v) is 7.20. The maximum Gasteiger partial charge on any atom is 0.461 e. The summed E-state index contributed by atoms with van der Waals surface area (Å²) in [5, 5.41) is 10.3. The number of hydrogen-bond acceptors (Lipinski definition) is 3. The lowest BCUT2D eigenvalue weighted by Gasteiger charge is -2.27. The van der Waals surface area contributed by atoms with Crippen molar-refractivity contribution < 1.29 is 27.4 Å². The molecule has 0 amide bonds. The fraction of sp³-hybridized carbons (Fsp3) is 0.600. The third-order valence-electron chi connectivity index (χ3n) is 4.03. The fourth-order valence-corrected chi connectivity index (χ4v) is 2.82. The zero-order chi connectivity index (χ0) is 16.3. The van der Waals surface area contributed by atoms with Crippen molar-refractivity contribution in [1.82, 2.24) is 0 Å². The lowest BCUT2D eigenvalue weighted by atomic mass is 9.90. The van der Waals surface area contributed by atoms with Crippen LogP contribution in [-0.2, 0) is 0 Å². The predicted molar refractivity (Wildman–Crippen MR) is 80.2 cm³/mol. The lowest BCUT2D eigenvalue weighted by molar-refractivity contribution is -0.253. The Bertz CT molecular complexity index is 498. The average Bonchev–Trinajstić information content (AvgIpc) is 3.00. The van der Waals surface area contributed by atoms with Crippen LogP contribution in [0.15, 0.2) is 24.3 Å². The van der Waals surface area contributed by atoms with Crippen LogP contribution >= 0.6 is 12.4 Å². The third kappa shape index (κ3) is 4.71. The molecule has 0 radical (unpaired) electrons. The zero-order valence-corrected chi connectivity index (χ0v) is 13.1. The van der Waals surface area contributed by atoms with E-state index in [0.29, 0.717) is 0 Å². The standard InChI is InChI=1S/C15H19F4NO2.ClH/c16-14(17)15(18,19)22-11-8-4-3-7-10(11)12(20)13(21)9-5-1-2-6-9;/h3-4,7-9,12-14,21H,1-2,5-6,20H2;1H/t12-,13+;/m0./s1. The Morgan fingerprint density at radius 2 is 1.74 bits per heavy atom. The highest BCUT2D eigenvalue weighted by Gasteiger charge is 2.44. The molecule has 1 saturated carbocycles. The Balaban J connectivity index is 0.00000264. The highest BCUT2D eigenvalue weighted by Crippen LogP contribution is 2.37. The van der Waals surface area contributed by atoms with Crippen LogP contribution in [0.3, 0.4) is 0 Å². The van der Waals surface area contributed by atoms with Crippen molar-refractivity contribution in [1.29, 1.82) is 0 Å². The molecule has 0 bridgehead atoms. The number of aliphatic hydroxyl groups excluding tert-OH is 1. The number of alkyl halides is 4. The second-order valence-corrected chi connectivity index (χ2v) is 5.56. The maximum atomic E-state index is 13.1. The van der Waals surface area contributed by atoms with Gasteiger partial charge in [0.2, 0.25) is 0 Å². The molecule has 1 fully saturated rings. The summed E-state index contributed by atoms with van der Waals surface area (Å²) >= 11 is 0. The summed E-state index contributed by atoms with van der Waals surface area (Å²) in [7, 11) is 0. The van der Waals surface area contributed by atoms with Crippen LogP contribution in [0.5, 0.6) is 5.75 Å². The molecule has 1 aliphatic rings. The molecular weight excluding hydrogens is 338 g/mol. The Labute approximate surface area is 138 Å². The van der Waals surface area contributed by atoms with E-state index in [2.05, 4.69) is 4.74 Å². The van der Waals surface area contributed by atoms with Crippen LogP contribution < -0.4 is 10.5 Å². The zero-order valence-electron chi connectivity index (χ0n) is 12.3.